The molecule has 22 heavy (non-hydrogen) atoms. The monoisotopic (exact) mass is 636 g/mol. The van der Waals surface area contributed by atoms with E-state index in [2.05, 4.69) is 45.2 Å². The Bertz CT molecular complexity index is 708. The molecule has 0 fully saturated rings. The number of benzene rings is 2. The fourth-order valence-corrected chi connectivity index (χ4v) is 4.26. The van der Waals surface area contributed by atoms with Crippen molar-refractivity contribution < 1.29 is 19.7 Å². The quantitative estimate of drug-likeness (QED) is 0.455. The first kappa shape index (κ1) is 18.0. The summed E-state index contributed by atoms with van der Waals surface area (Å²) in [7, 11) is 0. The minimum Gasteiger partial charge on any atom is -0.507 e. The molecule has 116 valence electrons. The maximum absolute atomic E-state index is 11.1. The highest BCUT2D eigenvalue weighted by Crippen LogP contribution is 2.36. The van der Waals surface area contributed by atoms with Crippen LogP contribution < -0.4 is 4.74 Å². The SMILES string of the molecule is C[C@H](C(=O)O)c1cc(I)c(Oc2ccc(O)c(I)c2)c(I)c1. The second-order valence-electron chi connectivity index (χ2n) is 4.59. The van der Waals surface area contributed by atoms with Gasteiger partial charge in [-0.15, -0.1) is 0 Å². The van der Waals surface area contributed by atoms with Crippen LogP contribution in [0.3, 0.4) is 0 Å². The van der Waals surface area contributed by atoms with Crippen LogP contribution in [0, 0.1) is 10.7 Å². The van der Waals surface area contributed by atoms with Gasteiger partial charge >= 0.3 is 5.97 Å². The van der Waals surface area contributed by atoms with Crippen molar-refractivity contribution in [3.05, 3.63) is 46.6 Å². The predicted octanol–water partition coefficient (Wildman–Crippen LogP) is 5.19. The maximum Gasteiger partial charge on any atom is 0.310 e. The number of phenolic OH excluding ortho intramolecular Hbond substituents is 1. The second-order valence-corrected chi connectivity index (χ2v) is 8.08. The number of ether oxygens (including phenoxy) is 1. The average Bonchev–Trinajstić information content (AvgIpc) is 2.45. The van der Waals surface area contributed by atoms with Crippen LogP contribution in [0.1, 0.15) is 18.4 Å². The van der Waals surface area contributed by atoms with Crippen LogP contribution in [0.15, 0.2) is 30.3 Å². The zero-order chi connectivity index (χ0) is 16.4. The van der Waals surface area contributed by atoms with Gasteiger partial charge in [-0.05, 0) is 111 Å². The summed E-state index contributed by atoms with van der Waals surface area (Å²) in [5, 5.41) is 18.7. The van der Waals surface area contributed by atoms with Gasteiger partial charge in [0.25, 0.3) is 0 Å². The third-order valence-electron chi connectivity index (χ3n) is 3.03. The topological polar surface area (TPSA) is 66.8 Å². The van der Waals surface area contributed by atoms with Crippen LogP contribution in [-0.4, -0.2) is 16.2 Å². The molecule has 0 bridgehead atoms. The molecule has 2 rings (SSSR count). The van der Waals surface area contributed by atoms with Gasteiger partial charge in [-0.25, -0.2) is 0 Å². The summed E-state index contributed by atoms with van der Waals surface area (Å²) in [6.45, 7) is 1.66. The zero-order valence-corrected chi connectivity index (χ0v) is 17.8. The average molecular weight is 636 g/mol. The summed E-state index contributed by atoms with van der Waals surface area (Å²) in [5.74, 6) is 0.100. The number of carboxylic acids is 1. The van der Waals surface area contributed by atoms with Crippen molar-refractivity contribution in [1.82, 2.24) is 0 Å². The molecule has 0 saturated carbocycles. The van der Waals surface area contributed by atoms with Crippen molar-refractivity contribution in [3.8, 4) is 17.2 Å². The molecule has 2 aromatic rings. The van der Waals surface area contributed by atoms with E-state index in [1.54, 1.807) is 25.1 Å². The molecule has 2 aromatic carbocycles. The lowest BCUT2D eigenvalue weighted by molar-refractivity contribution is -0.138. The number of carboxylic acid groups (broad SMARTS) is 1. The van der Waals surface area contributed by atoms with E-state index in [0.717, 1.165) is 12.7 Å². The summed E-state index contributed by atoms with van der Waals surface area (Å²) in [6.07, 6.45) is 0. The van der Waals surface area contributed by atoms with E-state index in [1.807, 2.05) is 34.7 Å². The summed E-state index contributed by atoms with van der Waals surface area (Å²) >= 11 is 6.31. The third kappa shape index (κ3) is 4.16. The van der Waals surface area contributed by atoms with Crippen molar-refractivity contribution in [2.24, 2.45) is 0 Å². The van der Waals surface area contributed by atoms with E-state index in [0.29, 0.717) is 15.1 Å². The van der Waals surface area contributed by atoms with Gasteiger partial charge in [-0.1, -0.05) is 0 Å². The summed E-state index contributed by atoms with van der Waals surface area (Å²) in [5.41, 5.74) is 0.744. The molecule has 1 atom stereocenters. The Morgan fingerprint density at radius 3 is 2.18 bits per heavy atom. The Hall–Kier alpha value is -0.300. The van der Waals surface area contributed by atoms with Gasteiger partial charge in [0.1, 0.15) is 11.5 Å². The van der Waals surface area contributed by atoms with Gasteiger partial charge < -0.3 is 14.9 Å². The second kappa shape index (κ2) is 7.51. The normalized spacial score (nSPS) is 12.0. The molecular weight excluding hydrogens is 625 g/mol. The molecule has 0 aliphatic rings. The molecule has 0 aliphatic heterocycles. The largest absolute Gasteiger partial charge is 0.507 e. The summed E-state index contributed by atoms with van der Waals surface area (Å²) in [4.78, 5) is 11.1. The van der Waals surface area contributed by atoms with Crippen LogP contribution in [0.2, 0.25) is 0 Å². The molecular formula is C15H11I3O4. The highest BCUT2D eigenvalue weighted by molar-refractivity contribution is 14.1. The third-order valence-corrected chi connectivity index (χ3v) is 5.50. The van der Waals surface area contributed by atoms with Crippen LogP contribution in [0.25, 0.3) is 0 Å². The van der Waals surface area contributed by atoms with Gasteiger partial charge in [0, 0.05) is 0 Å². The Balaban J connectivity index is 2.36. The van der Waals surface area contributed by atoms with E-state index in [9.17, 15) is 9.90 Å². The van der Waals surface area contributed by atoms with Gasteiger partial charge in [-0.3, -0.25) is 4.79 Å². The first-order valence-electron chi connectivity index (χ1n) is 6.17. The van der Waals surface area contributed by atoms with E-state index in [1.165, 1.54) is 0 Å². The minimum atomic E-state index is -0.853. The van der Waals surface area contributed by atoms with E-state index >= 15 is 0 Å². The standard InChI is InChI=1S/C15H11I3O4/c1-7(15(20)21)8-4-11(17)14(12(18)5-8)22-9-2-3-13(19)10(16)6-9/h2-7,19H,1H3,(H,20,21)/t7-/m0/s1. The molecule has 0 saturated heterocycles. The van der Waals surface area contributed by atoms with E-state index < -0.39 is 11.9 Å². The van der Waals surface area contributed by atoms with Crippen molar-refractivity contribution in [2.75, 3.05) is 0 Å². The Kier molecular flexibility index (Phi) is 6.16. The lowest BCUT2D eigenvalue weighted by Gasteiger charge is -2.14. The molecule has 7 heteroatoms. The molecule has 0 radical (unpaired) electrons. The smallest absolute Gasteiger partial charge is 0.310 e. The van der Waals surface area contributed by atoms with Gasteiger partial charge in [-0.2, -0.15) is 0 Å². The Labute approximate surface area is 168 Å². The molecule has 0 spiro atoms. The van der Waals surface area contributed by atoms with Gasteiger partial charge in [0.15, 0.2) is 5.75 Å². The van der Waals surface area contributed by atoms with Crippen molar-refractivity contribution in [2.45, 2.75) is 12.8 Å². The Morgan fingerprint density at radius 2 is 1.68 bits per heavy atom. The lowest BCUT2D eigenvalue weighted by Crippen LogP contribution is -2.08. The van der Waals surface area contributed by atoms with Crippen LogP contribution in [0.5, 0.6) is 17.2 Å². The van der Waals surface area contributed by atoms with Crippen LogP contribution in [-0.2, 0) is 4.79 Å². The summed E-state index contributed by atoms with van der Waals surface area (Å²) in [6, 6.07) is 8.66. The first-order chi connectivity index (χ1) is 10.3. The van der Waals surface area contributed by atoms with Crippen molar-refractivity contribution >= 4 is 73.7 Å². The number of hydrogen-bond donors (Lipinski definition) is 2. The van der Waals surface area contributed by atoms with Crippen LogP contribution >= 0.6 is 67.8 Å². The molecule has 0 aromatic heterocycles. The number of aliphatic carboxylic acids is 1. The molecule has 0 heterocycles. The lowest BCUT2D eigenvalue weighted by atomic mass is 10.0. The first-order valence-corrected chi connectivity index (χ1v) is 9.41. The highest BCUT2D eigenvalue weighted by atomic mass is 127. The minimum absolute atomic E-state index is 0.211. The number of phenols is 1. The summed E-state index contributed by atoms with van der Waals surface area (Å²) < 4.78 is 8.28. The van der Waals surface area contributed by atoms with E-state index in [4.69, 9.17) is 9.84 Å². The Morgan fingerprint density at radius 1 is 1.09 bits per heavy atom. The van der Waals surface area contributed by atoms with E-state index in [-0.39, 0.29) is 5.75 Å². The number of hydrogen-bond acceptors (Lipinski definition) is 3. The van der Waals surface area contributed by atoms with Crippen LogP contribution in [0.4, 0.5) is 0 Å². The molecule has 4 nitrogen and oxygen atoms in total. The number of carbonyl (C=O) groups is 1. The number of halogens is 3. The molecule has 0 aliphatic carbocycles. The number of aromatic hydroxyl groups is 1. The maximum atomic E-state index is 11.1. The van der Waals surface area contributed by atoms with Gasteiger partial charge in [0.2, 0.25) is 0 Å². The van der Waals surface area contributed by atoms with Gasteiger partial charge in [0.05, 0.1) is 16.6 Å². The van der Waals surface area contributed by atoms with Crippen molar-refractivity contribution in [1.29, 1.82) is 0 Å². The highest BCUT2D eigenvalue weighted by Gasteiger charge is 2.18. The fraction of sp³-hybridized carbons (Fsp3) is 0.133. The number of rotatable bonds is 4. The predicted molar refractivity (Wildman–Crippen MR) is 109 cm³/mol. The molecule has 0 unspecified atom stereocenters. The molecule has 2 N–H and O–H groups in total. The van der Waals surface area contributed by atoms with Crippen molar-refractivity contribution in [3.63, 3.8) is 0 Å². The fourth-order valence-electron chi connectivity index (χ4n) is 1.74. The zero-order valence-electron chi connectivity index (χ0n) is 11.3. The molecule has 0 amide bonds.